The average Bonchev–Trinajstić information content (AvgIpc) is 2.60. The molecule has 2 aromatic rings. The molecule has 3 rings (SSSR count). The number of aromatic nitrogens is 3. The van der Waals surface area contributed by atoms with Crippen LogP contribution in [-0.4, -0.2) is 47.0 Å². The molecule has 0 saturated carbocycles. The molecular weight excluding hydrogens is 304 g/mol. The lowest BCUT2D eigenvalue weighted by atomic mass is 10.1. The number of piperidine rings is 1. The van der Waals surface area contributed by atoms with Crippen molar-refractivity contribution >= 4 is 28.7 Å². The van der Waals surface area contributed by atoms with Crippen LogP contribution in [-0.2, 0) is 0 Å². The van der Waals surface area contributed by atoms with Gasteiger partial charge in [-0.2, -0.15) is 0 Å². The monoisotopic (exact) mass is 328 g/mol. The molecule has 0 aliphatic carbocycles. The molecule has 1 aliphatic rings. The van der Waals surface area contributed by atoms with Crippen molar-refractivity contribution in [1.82, 2.24) is 15.0 Å². The molecule has 0 spiro atoms. The summed E-state index contributed by atoms with van der Waals surface area (Å²) in [4.78, 5) is 29.6. The lowest BCUT2D eigenvalue weighted by molar-refractivity contribution is 0.0996. The van der Waals surface area contributed by atoms with Crippen molar-refractivity contribution in [2.75, 3.05) is 29.9 Å². The first-order valence-corrected chi connectivity index (χ1v) is 8.43. The summed E-state index contributed by atoms with van der Waals surface area (Å²) in [5.41, 5.74) is 6.67. The van der Waals surface area contributed by atoms with Crippen LogP contribution >= 0.6 is 0 Å². The summed E-state index contributed by atoms with van der Waals surface area (Å²) in [6.45, 7) is 6.20. The fraction of sp³-hybridized carbons (Fsp3) is 0.529. The van der Waals surface area contributed by atoms with E-state index in [0.29, 0.717) is 11.2 Å². The fourth-order valence-corrected chi connectivity index (χ4v) is 2.86. The normalized spacial score (nSPS) is 15.1. The minimum atomic E-state index is -0.558. The summed E-state index contributed by atoms with van der Waals surface area (Å²) in [6.07, 6.45) is 3.60. The van der Waals surface area contributed by atoms with Crippen molar-refractivity contribution in [1.29, 1.82) is 0 Å². The van der Waals surface area contributed by atoms with E-state index in [1.54, 1.807) is 12.1 Å². The van der Waals surface area contributed by atoms with Crippen LogP contribution in [0, 0.1) is 0 Å². The topological polar surface area (TPSA) is 88.2 Å². The third-order valence-electron chi connectivity index (χ3n) is 4.51. The molecular formula is C17H24N6O. The van der Waals surface area contributed by atoms with Crippen LogP contribution in [0.15, 0.2) is 12.1 Å². The Hall–Kier alpha value is -2.44. The summed E-state index contributed by atoms with van der Waals surface area (Å²) >= 11 is 0. The number of anilines is 2. The molecule has 1 fully saturated rings. The SMILES string of the molecule is CC(C)N(C)c1nc2nc(C(N)=O)ccc2nc1N1CCCCC1. The van der Waals surface area contributed by atoms with Crippen LogP contribution in [0.1, 0.15) is 43.6 Å². The molecule has 1 aliphatic heterocycles. The largest absolute Gasteiger partial charge is 0.364 e. The molecule has 0 aromatic carbocycles. The molecule has 1 saturated heterocycles. The number of nitrogens with zero attached hydrogens (tertiary/aromatic N) is 5. The zero-order valence-corrected chi connectivity index (χ0v) is 14.5. The minimum Gasteiger partial charge on any atom is -0.364 e. The minimum absolute atomic E-state index is 0.209. The van der Waals surface area contributed by atoms with Gasteiger partial charge in [-0.15, -0.1) is 0 Å². The predicted molar refractivity (Wildman–Crippen MR) is 95.5 cm³/mol. The van der Waals surface area contributed by atoms with Crippen molar-refractivity contribution in [3.05, 3.63) is 17.8 Å². The Kier molecular flexibility index (Phi) is 4.51. The number of pyridine rings is 1. The molecule has 24 heavy (non-hydrogen) atoms. The highest BCUT2D eigenvalue weighted by atomic mass is 16.1. The molecule has 0 bridgehead atoms. The standard InChI is InChI=1S/C17H24N6O/c1-11(2)22(3)16-17(23-9-5-4-6-10-23)20-13-8-7-12(14(18)24)19-15(13)21-16/h7-8,11H,4-6,9-10H2,1-3H3,(H2,18,24). The summed E-state index contributed by atoms with van der Waals surface area (Å²) in [5, 5.41) is 0. The molecule has 0 radical (unpaired) electrons. The Morgan fingerprint density at radius 3 is 2.50 bits per heavy atom. The third kappa shape index (κ3) is 3.11. The van der Waals surface area contributed by atoms with Gasteiger partial charge in [0.25, 0.3) is 5.91 Å². The van der Waals surface area contributed by atoms with Crippen molar-refractivity contribution in [2.45, 2.75) is 39.2 Å². The van der Waals surface area contributed by atoms with Crippen molar-refractivity contribution in [3.8, 4) is 0 Å². The molecule has 7 nitrogen and oxygen atoms in total. The number of hydrogen-bond acceptors (Lipinski definition) is 6. The molecule has 2 N–H and O–H groups in total. The molecule has 0 unspecified atom stereocenters. The zero-order chi connectivity index (χ0) is 17.3. The van der Waals surface area contributed by atoms with Crippen molar-refractivity contribution in [3.63, 3.8) is 0 Å². The summed E-state index contributed by atoms with van der Waals surface area (Å²) in [7, 11) is 2.01. The first kappa shape index (κ1) is 16.4. The molecule has 2 aromatic heterocycles. The quantitative estimate of drug-likeness (QED) is 0.923. The maximum absolute atomic E-state index is 11.4. The lowest BCUT2D eigenvalue weighted by Gasteiger charge is -2.32. The van der Waals surface area contributed by atoms with Crippen molar-refractivity contribution < 1.29 is 4.79 Å². The second-order valence-corrected chi connectivity index (χ2v) is 6.53. The number of fused-ring (bicyclic) bond motifs is 1. The number of hydrogen-bond donors (Lipinski definition) is 1. The number of nitrogens with two attached hydrogens (primary N) is 1. The average molecular weight is 328 g/mol. The number of primary amides is 1. The van der Waals surface area contributed by atoms with Crippen LogP contribution < -0.4 is 15.5 Å². The summed E-state index contributed by atoms with van der Waals surface area (Å²) < 4.78 is 0. The Labute approximate surface area is 141 Å². The summed E-state index contributed by atoms with van der Waals surface area (Å²) in [6, 6.07) is 3.65. The van der Waals surface area contributed by atoms with Crippen LogP contribution in [0.4, 0.5) is 11.6 Å². The third-order valence-corrected chi connectivity index (χ3v) is 4.51. The van der Waals surface area contributed by atoms with E-state index < -0.39 is 5.91 Å². The Bertz CT molecular complexity index is 754. The highest BCUT2D eigenvalue weighted by Crippen LogP contribution is 2.30. The molecule has 7 heteroatoms. The van der Waals surface area contributed by atoms with Gasteiger partial charge in [-0.3, -0.25) is 4.79 Å². The number of amides is 1. The number of carbonyl (C=O) groups is 1. The first-order chi connectivity index (χ1) is 11.5. The van der Waals surface area contributed by atoms with E-state index in [9.17, 15) is 4.79 Å². The van der Waals surface area contributed by atoms with Gasteiger partial charge >= 0.3 is 0 Å². The summed E-state index contributed by atoms with van der Waals surface area (Å²) in [5.74, 6) is 1.14. The first-order valence-electron chi connectivity index (χ1n) is 8.43. The van der Waals surface area contributed by atoms with E-state index in [1.807, 2.05) is 7.05 Å². The van der Waals surface area contributed by atoms with Gasteiger partial charge in [0.1, 0.15) is 11.2 Å². The van der Waals surface area contributed by atoms with Gasteiger partial charge in [0.2, 0.25) is 0 Å². The van der Waals surface area contributed by atoms with E-state index in [2.05, 4.69) is 28.6 Å². The number of carbonyl (C=O) groups excluding carboxylic acids is 1. The van der Waals surface area contributed by atoms with E-state index in [0.717, 1.165) is 24.7 Å². The highest BCUT2D eigenvalue weighted by molar-refractivity contribution is 5.93. The van der Waals surface area contributed by atoms with Crippen LogP contribution in [0.5, 0.6) is 0 Å². The van der Waals surface area contributed by atoms with Crippen LogP contribution in [0.2, 0.25) is 0 Å². The Morgan fingerprint density at radius 1 is 1.17 bits per heavy atom. The molecule has 1 amide bonds. The highest BCUT2D eigenvalue weighted by Gasteiger charge is 2.22. The Balaban J connectivity index is 2.14. The fourth-order valence-electron chi connectivity index (χ4n) is 2.86. The Morgan fingerprint density at radius 2 is 1.88 bits per heavy atom. The van der Waals surface area contributed by atoms with Crippen LogP contribution in [0.3, 0.4) is 0 Å². The lowest BCUT2D eigenvalue weighted by Crippen LogP contribution is -2.34. The van der Waals surface area contributed by atoms with Gasteiger partial charge in [0.05, 0.1) is 0 Å². The number of rotatable bonds is 4. The van der Waals surface area contributed by atoms with Gasteiger partial charge in [-0.1, -0.05) is 0 Å². The molecule has 3 heterocycles. The molecule has 128 valence electrons. The second-order valence-electron chi connectivity index (χ2n) is 6.53. The van der Waals surface area contributed by atoms with Gasteiger partial charge in [0, 0.05) is 26.2 Å². The second kappa shape index (κ2) is 6.59. The van der Waals surface area contributed by atoms with E-state index in [1.165, 1.54) is 19.3 Å². The maximum Gasteiger partial charge on any atom is 0.267 e. The van der Waals surface area contributed by atoms with Gasteiger partial charge in [0.15, 0.2) is 17.3 Å². The smallest absolute Gasteiger partial charge is 0.267 e. The maximum atomic E-state index is 11.4. The van der Waals surface area contributed by atoms with E-state index >= 15 is 0 Å². The van der Waals surface area contributed by atoms with Crippen molar-refractivity contribution in [2.24, 2.45) is 5.73 Å². The van der Waals surface area contributed by atoms with Gasteiger partial charge in [-0.05, 0) is 45.2 Å². The zero-order valence-electron chi connectivity index (χ0n) is 14.5. The molecule has 0 atom stereocenters. The van der Waals surface area contributed by atoms with E-state index in [-0.39, 0.29) is 11.7 Å². The van der Waals surface area contributed by atoms with Gasteiger partial charge < -0.3 is 15.5 Å². The predicted octanol–water partition coefficient (Wildman–Crippen LogP) is 1.96. The van der Waals surface area contributed by atoms with E-state index in [4.69, 9.17) is 15.7 Å². The van der Waals surface area contributed by atoms with Gasteiger partial charge in [-0.25, -0.2) is 15.0 Å². The van der Waals surface area contributed by atoms with Crippen LogP contribution in [0.25, 0.3) is 11.2 Å².